The zero-order valence-electron chi connectivity index (χ0n) is 27.1. The molecule has 1 aromatic heterocycles. The molecule has 0 atom stereocenters. The summed E-state index contributed by atoms with van der Waals surface area (Å²) in [4.78, 5) is 35.3. The van der Waals surface area contributed by atoms with Gasteiger partial charge in [0.1, 0.15) is 5.75 Å². The molecule has 5 aromatic rings. The van der Waals surface area contributed by atoms with Gasteiger partial charge >= 0.3 is 6.03 Å². The van der Waals surface area contributed by atoms with Gasteiger partial charge in [0, 0.05) is 65.8 Å². The summed E-state index contributed by atoms with van der Waals surface area (Å²) in [6, 6.07) is 25.9. The van der Waals surface area contributed by atoms with Crippen molar-refractivity contribution in [2.75, 3.05) is 80.0 Å². The largest absolute Gasteiger partial charge is 0.495 e. The zero-order valence-corrected chi connectivity index (χ0v) is 28.7. The fraction of sp³-hybridized carbons (Fsp3) is 0.250. The lowest BCUT2D eigenvalue weighted by atomic mass is 10.0. The van der Waals surface area contributed by atoms with Crippen LogP contribution in [-0.2, 0) is 0 Å². The molecule has 0 radical (unpaired) electrons. The maximum absolute atomic E-state index is 13.2. The number of benzene rings is 4. The molecule has 3 amide bonds. The van der Waals surface area contributed by atoms with E-state index in [4.69, 9.17) is 32.9 Å². The van der Waals surface area contributed by atoms with Gasteiger partial charge in [0.25, 0.3) is 5.91 Å². The van der Waals surface area contributed by atoms with Crippen LogP contribution >= 0.6 is 23.2 Å². The molecule has 0 spiro atoms. The van der Waals surface area contributed by atoms with E-state index in [0.29, 0.717) is 65.3 Å². The first-order valence-corrected chi connectivity index (χ1v) is 16.6. The number of nitrogens with one attached hydrogen (secondary N) is 4. The fourth-order valence-corrected chi connectivity index (χ4v) is 5.77. The summed E-state index contributed by atoms with van der Waals surface area (Å²) < 4.78 is 5.56. The third-order valence-electron chi connectivity index (χ3n) is 7.72. The highest BCUT2D eigenvalue weighted by Gasteiger charge is 2.17. The Labute approximate surface area is 290 Å². The van der Waals surface area contributed by atoms with Crippen LogP contribution in [0.25, 0.3) is 21.8 Å². The molecule has 0 fully saturated rings. The molecule has 250 valence electrons. The molecule has 12 heteroatoms. The van der Waals surface area contributed by atoms with E-state index in [1.807, 2.05) is 85.7 Å². The Morgan fingerprint density at radius 2 is 1.52 bits per heavy atom. The molecule has 0 aliphatic heterocycles. The molecular formula is C36H39Cl2N7O3. The molecule has 5 rings (SSSR count). The number of rotatable bonds is 14. The molecule has 0 saturated carbocycles. The fourth-order valence-electron chi connectivity index (χ4n) is 5.36. The number of ether oxygens (including phenoxy) is 1. The van der Waals surface area contributed by atoms with Crippen LogP contribution in [0.1, 0.15) is 10.4 Å². The lowest BCUT2D eigenvalue weighted by Crippen LogP contribution is -2.31. The highest BCUT2D eigenvalue weighted by Crippen LogP contribution is 2.36. The Morgan fingerprint density at radius 1 is 0.812 bits per heavy atom. The first kappa shape index (κ1) is 34.6. The number of aromatic nitrogens is 1. The predicted octanol–water partition coefficient (Wildman–Crippen LogP) is 7.36. The molecule has 4 N–H and O–H groups in total. The summed E-state index contributed by atoms with van der Waals surface area (Å²) in [5, 5.41) is 14.0. The molecule has 10 nitrogen and oxygen atoms in total. The molecule has 0 aliphatic carbocycles. The second-order valence-corrected chi connectivity index (χ2v) is 12.1. The number of pyridine rings is 1. The van der Waals surface area contributed by atoms with Crippen LogP contribution in [0.3, 0.4) is 0 Å². The smallest absolute Gasteiger partial charge is 0.323 e. The SMILES string of the molecule is COc1ccc(Nc2c3ccccc3nc3c(C(=O)NCCN(C)C)cccc23)cc1NC(=O)Nc1ccc(N(CCCl)CCCl)cc1. The summed E-state index contributed by atoms with van der Waals surface area (Å²) in [7, 11) is 5.47. The standard InChI is InChI=1S/C36H39Cl2N7O3/c1-44(2)22-19-39-35(46)29-9-6-8-28-33(27-7-4-5-10-30(27)42-34(28)29)40-25-13-16-32(48-3)31(23-25)43-36(47)41-24-11-14-26(15-12-24)45(20-17-37)21-18-38/h4-16,23H,17-22H2,1-3H3,(H,39,46)(H,40,42)(H2,41,43,47). The maximum Gasteiger partial charge on any atom is 0.323 e. The number of hydrogen-bond donors (Lipinski definition) is 4. The topological polar surface area (TPSA) is 111 Å². The predicted molar refractivity (Wildman–Crippen MR) is 199 cm³/mol. The van der Waals surface area contributed by atoms with E-state index in [1.165, 1.54) is 0 Å². The Bertz CT molecular complexity index is 1880. The number of carbonyl (C=O) groups excluding carboxylic acids is 2. The van der Waals surface area contributed by atoms with Crippen LogP contribution in [0, 0.1) is 0 Å². The van der Waals surface area contributed by atoms with Gasteiger partial charge in [-0.2, -0.15) is 0 Å². The van der Waals surface area contributed by atoms with E-state index in [0.717, 1.165) is 34.2 Å². The molecule has 0 unspecified atom stereocenters. The molecule has 4 aromatic carbocycles. The van der Waals surface area contributed by atoms with Crippen LogP contribution in [0.15, 0.2) is 84.9 Å². The number of fused-ring (bicyclic) bond motifs is 2. The number of alkyl halides is 2. The monoisotopic (exact) mass is 687 g/mol. The van der Waals surface area contributed by atoms with Crippen molar-refractivity contribution in [3.05, 3.63) is 90.5 Å². The van der Waals surface area contributed by atoms with Crippen molar-refractivity contribution < 1.29 is 14.3 Å². The molecule has 0 aliphatic rings. The van der Waals surface area contributed by atoms with Crippen molar-refractivity contribution >= 4 is 85.4 Å². The Morgan fingerprint density at radius 3 is 2.23 bits per heavy atom. The van der Waals surface area contributed by atoms with Crippen molar-refractivity contribution in [2.24, 2.45) is 0 Å². The van der Waals surface area contributed by atoms with Crippen molar-refractivity contribution in [2.45, 2.75) is 0 Å². The number of halogens is 2. The lowest BCUT2D eigenvalue weighted by molar-refractivity contribution is 0.0952. The quantitative estimate of drug-likeness (QED) is 0.0713. The minimum atomic E-state index is -0.429. The first-order chi connectivity index (χ1) is 23.3. The van der Waals surface area contributed by atoms with E-state index in [9.17, 15) is 9.59 Å². The van der Waals surface area contributed by atoms with Crippen LogP contribution in [0.4, 0.5) is 33.2 Å². The number of hydrogen-bond acceptors (Lipinski definition) is 7. The van der Waals surface area contributed by atoms with Gasteiger partial charge in [-0.1, -0.05) is 30.3 Å². The van der Waals surface area contributed by atoms with E-state index >= 15 is 0 Å². The number of amides is 3. The summed E-state index contributed by atoms with van der Waals surface area (Å²) in [5.41, 5.74) is 5.37. The van der Waals surface area contributed by atoms with Crippen LogP contribution in [-0.4, -0.2) is 81.0 Å². The highest BCUT2D eigenvalue weighted by atomic mass is 35.5. The van der Waals surface area contributed by atoms with Crippen molar-refractivity contribution in [1.29, 1.82) is 0 Å². The normalized spacial score (nSPS) is 11.0. The van der Waals surface area contributed by atoms with Crippen molar-refractivity contribution in [3.63, 3.8) is 0 Å². The lowest BCUT2D eigenvalue weighted by Gasteiger charge is -2.23. The van der Waals surface area contributed by atoms with Gasteiger partial charge in [-0.05, 0) is 68.7 Å². The number of para-hydroxylation sites is 2. The number of methoxy groups -OCH3 is 1. The van der Waals surface area contributed by atoms with Gasteiger partial charge in [0.05, 0.1) is 35.1 Å². The summed E-state index contributed by atoms with van der Waals surface area (Å²) >= 11 is 11.9. The Balaban J connectivity index is 1.40. The maximum atomic E-state index is 13.2. The van der Waals surface area contributed by atoms with Crippen LogP contribution in [0.2, 0.25) is 0 Å². The van der Waals surface area contributed by atoms with Gasteiger partial charge in [0.2, 0.25) is 0 Å². The average molecular weight is 689 g/mol. The third kappa shape index (κ3) is 8.38. The molecule has 48 heavy (non-hydrogen) atoms. The number of anilines is 5. The summed E-state index contributed by atoms with van der Waals surface area (Å²) in [6.07, 6.45) is 0. The minimum Gasteiger partial charge on any atom is -0.495 e. The van der Waals surface area contributed by atoms with Crippen LogP contribution < -0.4 is 30.9 Å². The Kier molecular flexibility index (Phi) is 11.8. The highest BCUT2D eigenvalue weighted by molar-refractivity contribution is 6.18. The van der Waals surface area contributed by atoms with E-state index in [1.54, 1.807) is 25.3 Å². The van der Waals surface area contributed by atoms with E-state index in [2.05, 4.69) is 26.2 Å². The second-order valence-electron chi connectivity index (χ2n) is 11.3. The first-order valence-electron chi connectivity index (χ1n) is 15.6. The van der Waals surface area contributed by atoms with Crippen molar-refractivity contribution in [1.82, 2.24) is 15.2 Å². The van der Waals surface area contributed by atoms with Gasteiger partial charge in [-0.25, -0.2) is 9.78 Å². The molecule has 1 heterocycles. The number of likely N-dealkylation sites (N-methyl/N-ethyl adjacent to an activating group) is 1. The number of nitrogens with zero attached hydrogens (tertiary/aromatic N) is 3. The van der Waals surface area contributed by atoms with E-state index < -0.39 is 6.03 Å². The van der Waals surface area contributed by atoms with Crippen molar-refractivity contribution in [3.8, 4) is 5.75 Å². The number of carbonyl (C=O) groups is 2. The summed E-state index contributed by atoms with van der Waals surface area (Å²) in [5.74, 6) is 1.27. The molecule has 0 saturated heterocycles. The van der Waals surface area contributed by atoms with Crippen LogP contribution in [0.5, 0.6) is 5.75 Å². The summed E-state index contributed by atoms with van der Waals surface area (Å²) in [6.45, 7) is 2.58. The van der Waals surface area contributed by atoms with Gasteiger partial charge in [-0.3, -0.25) is 4.79 Å². The zero-order chi connectivity index (χ0) is 34.0. The molecular weight excluding hydrogens is 649 g/mol. The van der Waals surface area contributed by atoms with E-state index in [-0.39, 0.29) is 5.91 Å². The minimum absolute atomic E-state index is 0.185. The van der Waals surface area contributed by atoms with Gasteiger partial charge in [-0.15, -0.1) is 23.2 Å². The third-order valence-corrected chi connectivity index (χ3v) is 8.05. The Hall–Kier alpha value is -4.77. The van der Waals surface area contributed by atoms with Gasteiger partial charge in [0.15, 0.2) is 0 Å². The second kappa shape index (κ2) is 16.4. The van der Waals surface area contributed by atoms with Gasteiger partial charge < -0.3 is 35.8 Å². The average Bonchev–Trinajstić information content (AvgIpc) is 3.08. The number of urea groups is 1. The molecule has 0 bridgehead atoms.